The van der Waals surface area contributed by atoms with Crippen molar-refractivity contribution in [1.82, 2.24) is 20.2 Å². The topological polar surface area (TPSA) is 111 Å². The Balaban J connectivity index is 1.59. The van der Waals surface area contributed by atoms with Crippen LogP contribution in [0.1, 0.15) is 41.5 Å². The van der Waals surface area contributed by atoms with Crippen LogP contribution in [0.15, 0.2) is 35.5 Å². The van der Waals surface area contributed by atoms with Crippen LogP contribution in [0.25, 0.3) is 11.4 Å². The lowest BCUT2D eigenvalue weighted by atomic mass is 10.0. The molecule has 164 valence electrons. The van der Waals surface area contributed by atoms with E-state index in [0.717, 1.165) is 54.3 Å². The van der Waals surface area contributed by atoms with Crippen LogP contribution in [0.3, 0.4) is 0 Å². The van der Waals surface area contributed by atoms with Crippen molar-refractivity contribution in [1.29, 1.82) is 0 Å². The molecule has 2 aliphatic rings. The molecule has 0 radical (unpaired) electrons. The summed E-state index contributed by atoms with van der Waals surface area (Å²) in [6.07, 6.45) is 3.70. The molecule has 3 aromatic rings. The molecule has 0 fully saturated rings. The number of hydrogen-bond donors (Lipinski definition) is 3. The van der Waals surface area contributed by atoms with E-state index in [2.05, 4.69) is 66.7 Å². The van der Waals surface area contributed by atoms with Crippen LogP contribution < -0.4 is 15.5 Å². The molecule has 9 heteroatoms. The Hall–Kier alpha value is -3.75. The minimum absolute atomic E-state index is 0.254. The summed E-state index contributed by atoms with van der Waals surface area (Å²) >= 11 is 0. The van der Waals surface area contributed by atoms with Crippen LogP contribution in [-0.4, -0.2) is 45.1 Å². The van der Waals surface area contributed by atoms with E-state index in [4.69, 9.17) is 0 Å². The second kappa shape index (κ2) is 8.07. The molecule has 32 heavy (non-hydrogen) atoms. The first-order chi connectivity index (χ1) is 15.5. The minimum Gasteiger partial charge on any atom is -0.370 e. The minimum atomic E-state index is -0.408. The number of amides is 1. The molecule has 0 saturated carbocycles. The molecule has 0 aliphatic carbocycles. The summed E-state index contributed by atoms with van der Waals surface area (Å²) in [5, 5.41) is 13.8. The van der Waals surface area contributed by atoms with Gasteiger partial charge in [-0.1, -0.05) is 13.0 Å². The smallest absolute Gasteiger partial charge is 0.298 e. The van der Waals surface area contributed by atoms with Crippen molar-refractivity contribution in [3.8, 4) is 11.4 Å². The van der Waals surface area contributed by atoms with Crippen molar-refractivity contribution in [2.45, 2.75) is 33.6 Å². The Kier molecular flexibility index (Phi) is 5.08. The molecule has 1 atom stereocenters. The van der Waals surface area contributed by atoms with Crippen LogP contribution in [0.5, 0.6) is 0 Å². The van der Waals surface area contributed by atoms with Gasteiger partial charge in [0.05, 0.1) is 23.1 Å². The molecule has 0 unspecified atom stereocenters. The predicted molar refractivity (Wildman–Crippen MR) is 125 cm³/mol. The highest BCUT2D eigenvalue weighted by Gasteiger charge is 2.28. The number of carbonyl (C=O) groups is 1. The number of aliphatic imine (C=N–C) groups is 1. The molecule has 4 heterocycles. The second-order valence-corrected chi connectivity index (χ2v) is 8.55. The third-order valence-corrected chi connectivity index (χ3v) is 5.78. The highest BCUT2D eigenvalue weighted by atomic mass is 16.1. The van der Waals surface area contributed by atoms with Gasteiger partial charge in [-0.25, -0.2) is 9.97 Å². The van der Waals surface area contributed by atoms with E-state index in [1.165, 1.54) is 0 Å². The van der Waals surface area contributed by atoms with E-state index in [-0.39, 0.29) is 5.69 Å². The SMILES string of the molecule is Cc1ccc2c(c1)N1C[C@H](C)CCCNc3[nH]ncc3-c3nc(C)cc(n3)C(=O)/N=C/1N2. The van der Waals surface area contributed by atoms with Crippen LogP contribution in [-0.2, 0) is 0 Å². The summed E-state index contributed by atoms with van der Waals surface area (Å²) in [6, 6.07) is 7.88. The first-order valence-electron chi connectivity index (χ1n) is 10.9. The summed E-state index contributed by atoms with van der Waals surface area (Å²) in [5.41, 5.74) is 4.85. The maximum absolute atomic E-state index is 13.2. The number of hydrogen-bond acceptors (Lipinski definition) is 7. The van der Waals surface area contributed by atoms with Gasteiger partial charge in [-0.15, -0.1) is 0 Å². The van der Waals surface area contributed by atoms with Crippen molar-refractivity contribution in [3.63, 3.8) is 0 Å². The van der Waals surface area contributed by atoms with E-state index in [0.29, 0.717) is 23.4 Å². The maximum Gasteiger partial charge on any atom is 0.298 e. The molecule has 2 aromatic heterocycles. The Morgan fingerprint density at radius 2 is 2.03 bits per heavy atom. The van der Waals surface area contributed by atoms with Gasteiger partial charge in [0, 0.05) is 18.8 Å². The monoisotopic (exact) mass is 430 g/mol. The molecule has 1 amide bonds. The summed E-state index contributed by atoms with van der Waals surface area (Å²) in [6.45, 7) is 7.70. The van der Waals surface area contributed by atoms with Gasteiger partial charge < -0.3 is 15.5 Å². The highest BCUT2D eigenvalue weighted by molar-refractivity contribution is 6.18. The normalized spacial score (nSPS) is 20.0. The fourth-order valence-electron chi connectivity index (χ4n) is 4.16. The van der Waals surface area contributed by atoms with Gasteiger partial charge in [0.15, 0.2) is 5.82 Å². The fourth-order valence-corrected chi connectivity index (χ4v) is 4.16. The molecule has 2 aliphatic heterocycles. The summed E-state index contributed by atoms with van der Waals surface area (Å²) in [4.78, 5) is 28.8. The van der Waals surface area contributed by atoms with Gasteiger partial charge in [0.25, 0.3) is 5.91 Å². The number of nitrogens with one attached hydrogen (secondary N) is 3. The van der Waals surface area contributed by atoms with Crippen molar-refractivity contribution in [3.05, 3.63) is 47.4 Å². The number of benzene rings is 1. The Labute approximate surface area is 186 Å². The molecule has 1 aromatic carbocycles. The Bertz CT molecular complexity index is 1210. The molecule has 0 saturated heterocycles. The second-order valence-electron chi connectivity index (χ2n) is 8.55. The maximum atomic E-state index is 13.2. The predicted octanol–water partition coefficient (Wildman–Crippen LogP) is 3.75. The average Bonchev–Trinajstić information content (AvgIpc) is 3.35. The van der Waals surface area contributed by atoms with Gasteiger partial charge in [-0.2, -0.15) is 10.1 Å². The fraction of sp³-hybridized carbons (Fsp3) is 0.348. The third kappa shape index (κ3) is 3.81. The Morgan fingerprint density at radius 3 is 2.91 bits per heavy atom. The lowest BCUT2D eigenvalue weighted by Crippen LogP contribution is -2.35. The number of guanidine groups is 1. The van der Waals surface area contributed by atoms with Crippen molar-refractivity contribution in [2.24, 2.45) is 10.9 Å². The molecule has 5 rings (SSSR count). The summed E-state index contributed by atoms with van der Waals surface area (Å²) in [7, 11) is 0. The first-order valence-corrected chi connectivity index (χ1v) is 10.9. The molecular weight excluding hydrogens is 404 g/mol. The number of nitrogens with zero attached hydrogens (tertiary/aromatic N) is 5. The number of rotatable bonds is 0. The van der Waals surface area contributed by atoms with Crippen molar-refractivity contribution in [2.75, 3.05) is 28.6 Å². The largest absolute Gasteiger partial charge is 0.370 e. The van der Waals surface area contributed by atoms with Crippen molar-refractivity contribution >= 4 is 29.1 Å². The zero-order chi connectivity index (χ0) is 22.2. The first kappa shape index (κ1) is 20.2. The number of aromatic nitrogens is 4. The highest BCUT2D eigenvalue weighted by Crippen LogP contribution is 2.34. The lowest BCUT2D eigenvalue weighted by molar-refractivity contribution is 0.0998. The number of H-pyrrole nitrogens is 1. The van der Waals surface area contributed by atoms with Gasteiger partial charge in [-0.05, 0) is 56.4 Å². The number of aromatic amines is 1. The number of aryl methyl sites for hydroxylation is 2. The van der Waals surface area contributed by atoms with E-state index in [9.17, 15) is 4.79 Å². The number of anilines is 3. The zero-order valence-corrected chi connectivity index (χ0v) is 18.4. The van der Waals surface area contributed by atoms with Gasteiger partial charge in [0.2, 0.25) is 5.96 Å². The van der Waals surface area contributed by atoms with Crippen molar-refractivity contribution < 1.29 is 4.79 Å². The summed E-state index contributed by atoms with van der Waals surface area (Å²) in [5.74, 6) is 1.74. The van der Waals surface area contributed by atoms with Crippen LogP contribution >= 0.6 is 0 Å². The lowest BCUT2D eigenvalue weighted by Gasteiger charge is -2.23. The Morgan fingerprint density at radius 1 is 1.16 bits per heavy atom. The average molecular weight is 431 g/mol. The quantitative estimate of drug-likeness (QED) is 0.498. The van der Waals surface area contributed by atoms with E-state index in [1.807, 2.05) is 13.0 Å². The van der Waals surface area contributed by atoms with E-state index < -0.39 is 5.91 Å². The molecule has 9 nitrogen and oxygen atoms in total. The van der Waals surface area contributed by atoms with Crippen LogP contribution in [0.2, 0.25) is 0 Å². The van der Waals surface area contributed by atoms with Crippen LogP contribution in [0, 0.1) is 19.8 Å². The molecule has 2 bridgehead atoms. The zero-order valence-electron chi connectivity index (χ0n) is 18.4. The molecular formula is C23H26N8O. The van der Waals surface area contributed by atoms with E-state index in [1.54, 1.807) is 12.3 Å². The van der Waals surface area contributed by atoms with Gasteiger partial charge in [0.1, 0.15) is 11.5 Å². The number of carbonyl (C=O) groups excluding carboxylic acids is 1. The van der Waals surface area contributed by atoms with E-state index >= 15 is 0 Å². The summed E-state index contributed by atoms with van der Waals surface area (Å²) < 4.78 is 0. The van der Waals surface area contributed by atoms with Gasteiger partial charge in [-0.3, -0.25) is 9.89 Å². The molecule has 3 N–H and O–H groups in total. The number of fused-ring (bicyclic) bond motifs is 7. The third-order valence-electron chi connectivity index (χ3n) is 5.78. The standard InChI is InChI=1S/C23H26N8O/c1-13-6-7-17-19(9-13)31-12-14(2)5-4-8-24-20-16(11-25-30-20)21-26-15(3)10-18(27-21)22(32)29-23(31)28-17/h6-7,9-11,14H,4-5,8,12H2,1-3H3,(H2,24,25,30)(H,28,29,32)/t14-/m1/s1. The van der Waals surface area contributed by atoms with Crippen LogP contribution in [0.4, 0.5) is 17.2 Å². The van der Waals surface area contributed by atoms with Gasteiger partial charge >= 0.3 is 0 Å². The molecule has 0 spiro atoms.